The molecular formula is C39H30ClF6N7O3. The largest absolute Gasteiger partial charge is 0.497 e. The summed E-state index contributed by atoms with van der Waals surface area (Å²) < 4.78 is 92.6. The summed E-state index contributed by atoms with van der Waals surface area (Å²) in [6.45, 7) is 0.403. The monoisotopic (exact) mass is 793 g/mol. The number of alkyl halides is 6. The van der Waals surface area contributed by atoms with E-state index in [-0.39, 0.29) is 22.8 Å². The number of nitrogens with zero attached hydrogens (tertiary/aromatic N) is 6. The summed E-state index contributed by atoms with van der Waals surface area (Å²) in [6.07, 6.45) is -5.26. The quantitative estimate of drug-likeness (QED) is 0.0889. The summed E-state index contributed by atoms with van der Waals surface area (Å²) in [5.41, 5.74) is 2.59. The van der Waals surface area contributed by atoms with Crippen LogP contribution >= 0.6 is 11.6 Å². The molecule has 0 unspecified atom stereocenters. The minimum absolute atomic E-state index is 0.0117. The first-order valence-electron chi connectivity index (χ1n) is 16.9. The van der Waals surface area contributed by atoms with Gasteiger partial charge in [0.15, 0.2) is 11.0 Å². The van der Waals surface area contributed by atoms with Crippen LogP contribution in [0.4, 0.5) is 32.2 Å². The first kappa shape index (κ1) is 38.2. The van der Waals surface area contributed by atoms with Crippen molar-refractivity contribution in [1.82, 2.24) is 29.1 Å². The van der Waals surface area contributed by atoms with Gasteiger partial charge in [-0.2, -0.15) is 26.3 Å². The molecule has 56 heavy (non-hydrogen) atoms. The van der Waals surface area contributed by atoms with Gasteiger partial charge in [-0.3, -0.25) is 9.13 Å². The maximum Gasteiger partial charge on any atom is 0.416 e. The van der Waals surface area contributed by atoms with Gasteiger partial charge in [0.1, 0.15) is 35.2 Å². The van der Waals surface area contributed by atoms with Crippen LogP contribution in [0.5, 0.6) is 11.5 Å². The Labute approximate surface area is 318 Å². The highest BCUT2D eigenvalue weighted by Crippen LogP contribution is 2.37. The van der Waals surface area contributed by atoms with Crippen molar-refractivity contribution < 1.29 is 40.9 Å². The Kier molecular flexibility index (Phi) is 10.3. The number of aliphatic hydroxyl groups is 1. The molecule has 0 radical (unpaired) electrons. The van der Waals surface area contributed by atoms with Crippen molar-refractivity contribution in [2.24, 2.45) is 0 Å². The molecule has 0 bridgehead atoms. The standard InChI is InChI=1S/C21H19F3N4O2.C18H11ClF3N3O/c1-30-15-6-4-14(5-7-15)28-12-26-18-19(28)16-8-3-13(21(22,23)24)11-17(16)27-20(18)25-9-2-10-29;1-26-12-5-3-11(4-6-12)25-9-23-15-16(25)13-7-2-10(18(20,21)22)8-14(13)24-17(15)19/h3-8,11-12,29H,2,9-10H2,1H3,(H,25,27);2-9H,1H3. The average Bonchev–Trinajstić information content (AvgIpc) is 3.84. The molecule has 0 fully saturated rings. The van der Waals surface area contributed by atoms with Gasteiger partial charge in [-0.25, -0.2) is 19.9 Å². The molecule has 0 aliphatic heterocycles. The number of aliphatic hydroxyl groups excluding tert-OH is 1. The van der Waals surface area contributed by atoms with Gasteiger partial charge >= 0.3 is 12.4 Å². The Balaban J connectivity index is 0.000000173. The number of pyridine rings is 2. The van der Waals surface area contributed by atoms with Crippen molar-refractivity contribution in [3.63, 3.8) is 0 Å². The van der Waals surface area contributed by atoms with Crippen LogP contribution < -0.4 is 14.8 Å². The van der Waals surface area contributed by atoms with Crippen molar-refractivity contribution in [2.75, 3.05) is 32.7 Å². The highest BCUT2D eigenvalue weighted by Gasteiger charge is 2.32. The summed E-state index contributed by atoms with van der Waals surface area (Å²) in [7, 11) is 3.14. The highest BCUT2D eigenvalue weighted by atomic mass is 35.5. The fourth-order valence-electron chi connectivity index (χ4n) is 6.16. The maximum absolute atomic E-state index is 13.2. The SMILES string of the molecule is COc1ccc(-n2cnc3c(Cl)nc4cc(C(F)(F)F)ccc4c32)cc1.COc1ccc(-n2cnc3c(NCCCO)nc4cc(C(F)(F)F)ccc4c32)cc1. The second-order valence-corrected chi connectivity index (χ2v) is 12.7. The molecule has 0 atom stereocenters. The lowest BCUT2D eigenvalue weighted by Gasteiger charge is -2.13. The predicted molar refractivity (Wildman–Crippen MR) is 201 cm³/mol. The number of ether oxygens (including phenoxy) is 2. The number of aromatic nitrogens is 6. The Morgan fingerprint density at radius 1 is 0.661 bits per heavy atom. The van der Waals surface area contributed by atoms with Crippen LogP contribution in [0.2, 0.25) is 5.15 Å². The van der Waals surface area contributed by atoms with Crippen molar-refractivity contribution in [1.29, 1.82) is 0 Å². The first-order valence-corrected chi connectivity index (χ1v) is 17.2. The van der Waals surface area contributed by atoms with Crippen LogP contribution in [0.1, 0.15) is 17.5 Å². The number of nitrogens with one attached hydrogen (secondary N) is 1. The number of halogens is 7. The minimum Gasteiger partial charge on any atom is -0.497 e. The van der Waals surface area contributed by atoms with Gasteiger partial charge in [0.05, 0.1) is 47.4 Å². The van der Waals surface area contributed by atoms with Gasteiger partial charge in [-0.15, -0.1) is 0 Å². The van der Waals surface area contributed by atoms with E-state index >= 15 is 0 Å². The smallest absolute Gasteiger partial charge is 0.416 e. The zero-order valence-corrected chi connectivity index (χ0v) is 30.2. The molecule has 10 nitrogen and oxygen atoms in total. The first-order chi connectivity index (χ1) is 26.8. The van der Waals surface area contributed by atoms with Crippen molar-refractivity contribution in [3.8, 4) is 22.9 Å². The van der Waals surface area contributed by atoms with Crippen LogP contribution in [0.3, 0.4) is 0 Å². The molecule has 8 aromatic rings. The fraction of sp³-hybridized carbons (Fsp3) is 0.179. The maximum atomic E-state index is 13.2. The van der Waals surface area contributed by atoms with E-state index in [1.165, 1.54) is 12.1 Å². The lowest BCUT2D eigenvalue weighted by Crippen LogP contribution is -2.08. The van der Waals surface area contributed by atoms with Crippen molar-refractivity contribution in [2.45, 2.75) is 18.8 Å². The van der Waals surface area contributed by atoms with Crippen molar-refractivity contribution in [3.05, 3.63) is 114 Å². The highest BCUT2D eigenvalue weighted by molar-refractivity contribution is 6.35. The zero-order chi connectivity index (χ0) is 39.8. The number of anilines is 1. The van der Waals surface area contributed by atoms with Gasteiger partial charge in [0.25, 0.3) is 0 Å². The number of rotatable bonds is 8. The number of imidazole rings is 2. The average molecular weight is 794 g/mol. The Hall–Kier alpha value is -6.13. The van der Waals surface area contributed by atoms with E-state index in [2.05, 4.69) is 25.3 Å². The normalized spacial score (nSPS) is 12.0. The van der Waals surface area contributed by atoms with E-state index in [1.54, 1.807) is 55.7 Å². The summed E-state index contributed by atoms with van der Waals surface area (Å²) in [5, 5.41) is 13.3. The van der Waals surface area contributed by atoms with Crippen molar-refractivity contribution >= 4 is 61.3 Å². The second kappa shape index (κ2) is 15.2. The fourth-order valence-corrected chi connectivity index (χ4v) is 6.38. The molecule has 4 heterocycles. The third-order valence-corrected chi connectivity index (χ3v) is 9.16. The molecule has 17 heteroatoms. The zero-order valence-electron chi connectivity index (χ0n) is 29.5. The molecule has 0 spiro atoms. The number of methoxy groups -OCH3 is 2. The summed E-state index contributed by atoms with van der Waals surface area (Å²) in [4.78, 5) is 17.2. The van der Waals surface area contributed by atoms with Crippen LogP contribution in [0, 0.1) is 0 Å². The van der Waals surface area contributed by atoms with E-state index < -0.39 is 23.5 Å². The molecule has 4 aromatic heterocycles. The molecule has 0 saturated heterocycles. The molecule has 2 N–H and O–H groups in total. The van der Waals surface area contributed by atoms with Gasteiger partial charge in [0.2, 0.25) is 0 Å². The number of hydrogen-bond acceptors (Lipinski definition) is 8. The predicted octanol–water partition coefficient (Wildman–Crippen LogP) is 9.65. The topological polar surface area (TPSA) is 112 Å². The second-order valence-electron chi connectivity index (χ2n) is 12.3. The van der Waals surface area contributed by atoms with Gasteiger partial charge in [0, 0.05) is 35.3 Å². The van der Waals surface area contributed by atoms with Crippen LogP contribution in [-0.4, -0.2) is 61.5 Å². The van der Waals surface area contributed by atoms with E-state index in [4.69, 9.17) is 26.2 Å². The van der Waals surface area contributed by atoms with E-state index in [0.29, 0.717) is 63.1 Å². The molecular weight excluding hydrogens is 764 g/mol. The number of fused-ring (bicyclic) bond motifs is 6. The van der Waals surface area contributed by atoms with E-state index in [0.717, 1.165) is 35.6 Å². The third kappa shape index (κ3) is 7.44. The van der Waals surface area contributed by atoms with E-state index in [1.807, 2.05) is 28.8 Å². The molecule has 4 aromatic carbocycles. The molecule has 0 aliphatic rings. The summed E-state index contributed by atoms with van der Waals surface area (Å²) in [6, 6.07) is 21.4. The van der Waals surface area contributed by atoms with Crippen LogP contribution in [-0.2, 0) is 12.4 Å². The van der Waals surface area contributed by atoms with Crippen LogP contribution in [0.25, 0.3) is 55.2 Å². The minimum atomic E-state index is -4.47. The Bertz CT molecular complexity index is 2680. The summed E-state index contributed by atoms with van der Waals surface area (Å²) >= 11 is 6.16. The lowest BCUT2D eigenvalue weighted by molar-refractivity contribution is -0.138. The van der Waals surface area contributed by atoms with E-state index in [9.17, 15) is 26.3 Å². The molecule has 0 aliphatic carbocycles. The lowest BCUT2D eigenvalue weighted by atomic mass is 10.1. The van der Waals surface area contributed by atoms with Crippen LogP contribution in [0.15, 0.2) is 97.6 Å². The molecule has 288 valence electrons. The van der Waals surface area contributed by atoms with Gasteiger partial charge in [-0.05, 0) is 79.2 Å². The van der Waals surface area contributed by atoms with Gasteiger partial charge < -0.3 is 19.9 Å². The summed E-state index contributed by atoms with van der Waals surface area (Å²) in [5.74, 6) is 1.76. The molecule has 0 amide bonds. The number of benzene rings is 4. The molecule has 8 rings (SSSR count). The Morgan fingerprint density at radius 3 is 1.59 bits per heavy atom. The Morgan fingerprint density at radius 2 is 1.12 bits per heavy atom. The third-order valence-electron chi connectivity index (χ3n) is 8.89. The molecule has 0 saturated carbocycles. The number of hydrogen-bond donors (Lipinski definition) is 2. The van der Waals surface area contributed by atoms with Gasteiger partial charge in [-0.1, -0.05) is 23.7 Å².